The third kappa shape index (κ3) is 3.17. The quantitative estimate of drug-likeness (QED) is 0.624. The molecule has 1 aromatic carbocycles. The first-order valence-electron chi connectivity index (χ1n) is 7.16. The summed E-state index contributed by atoms with van der Waals surface area (Å²) in [4.78, 5) is 12.4. The molecule has 0 bridgehead atoms. The molecule has 2 nitrogen and oxygen atoms in total. The number of allylic oxidation sites excluding steroid dienone is 4. The first-order chi connectivity index (χ1) is 10.3. The first-order valence-corrected chi connectivity index (χ1v) is 7.59. The second-order valence-electron chi connectivity index (χ2n) is 5.26. The number of halogens is 1. The summed E-state index contributed by atoms with van der Waals surface area (Å²) < 4.78 is 6.01. The van der Waals surface area contributed by atoms with Crippen LogP contribution in [0.5, 0.6) is 0 Å². The predicted octanol–water partition coefficient (Wildman–Crippen LogP) is 3.96. The lowest BCUT2D eigenvalue weighted by atomic mass is 9.90. The van der Waals surface area contributed by atoms with Crippen LogP contribution >= 0.6 is 11.6 Å². The molecule has 2 atom stereocenters. The molecule has 0 spiro atoms. The van der Waals surface area contributed by atoms with E-state index < -0.39 is 5.38 Å². The zero-order valence-electron chi connectivity index (χ0n) is 11.7. The molecule has 0 amide bonds. The number of hydrogen-bond donors (Lipinski definition) is 0. The molecule has 0 radical (unpaired) electrons. The molecule has 2 aliphatic rings. The smallest absolute Gasteiger partial charge is 0.183 e. The van der Waals surface area contributed by atoms with Crippen LogP contribution in [0.2, 0.25) is 0 Å². The monoisotopic (exact) mass is 300 g/mol. The summed E-state index contributed by atoms with van der Waals surface area (Å²) in [6, 6.07) is 10.00. The van der Waals surface area contributed by atoms with Crippen LogP contribution in [0.15, 0.2) is 65.8 Å². The van der Waals surface area contributed by atoms with Crippen molar-refractivity contribution >= 4 is 17.4 Å². The van der Waals surface area contributed by atoms with Crippen LogP contribution in [0.1, 0.15) is 18.4 Å². The van der Waals surface area contributed by atoms with Gasteiger partial charge in [-0.2, -0.15) is 0 Å². The molecule has 0 saturated carbocycles. The van der Waals surface area contributed by atoms with Gasteiger partial charge < -0.3 is 4.74 Å². The third-order valence-corrected chi connectivity index (χ3v) is 4.14. The number of carbonyl (C=O) groups excluding carboxylic acids is 1. The molecule has 2 unspecified atom stereocenters. The lowest BCUT2D eigenvalue weighted by Crippen LogP contribution is -2.29. The van der Waals surface area contributed by atoms with E-state index in [4.69, 9.17) is 16.3 Å². The second-order valence-corrected chi connectivity index (χ2v) is 5.73. The Morgan fingerprint density at radius 3 is 2.81 bits per heavy atom. The molecule has 0 N–H and O–H groups in total. The molecule has 21 heavy (non-hydrogen) atoms. The van der Waals surface area contributed by atoms with Gasteiger partial charge in [0, 0.05) is 5.57 Å². The van der Waals surface area contributed by atoms with E-state index in [9.17, 15) is 4.79 Å². The van der Waals surface area contributed by atoms with Crippen LogP contribution < -0.4 is 0 Å². The first kappa shape index (κ1) is 14.3. The molecule has 0 aliphatic heterocycles. The van der Waals surface area contributed by atoms with Gasteiger partial charge in [0.25, 0.3) is 0 Å². The fraction of sp³-hybridized carbons (Fsp3) is 0.278. The summed E-state index contributed by atoms with van der Waals surface area (Å²) in [6.07, 6.45) is 9.17. The van der Waals surface area contributed by atoms with Crippen LogP contribution in [-0.4, -0.2) is 17.3 Å². The Morgan fingerprint density at radius 1 is 1.19 bits per heavy atom. The van der Waals surface area contributed by atoms with Gasteiger partial charge in [-0.05, 0) is 24.0 Å². The Hall–Kier alpha value is -1.64. The Kier molecular flexibility index (Phi) is 4.37. The van der Waals surface area contributed by atoms with Gasteiger partial charge in [-0.1, -0.05) is 54.6 Å². The number of benzene rings is 1. The molecular formula is C18H17ClO2. The summed E-state index contributed by atoms with van der Waals surface area (Å²) in [5, 5.41) is -0.565. The number of hydrogen-bond acceptors (Lipinski definition) is 2. The van der Waals surface area contributed by atoms with Gasteiger partial charge in [-0.25, -0.2) is 0 Å². The molecule has 0 saturated heterocycles. The highest BCUT2D eigenvalue weighted by Crippen LogP contribution is 2.30. The summed E-state index contributed by atoms with van der Waals surface area (Å²) in [6.45, 7) is 0.500. The number of rotatable bonds is 3. The fourth-order valence-electron chi connectivity index (χ4n) is 2.70. The van der Waals surface area contributed by atoms with E-state index in [1.165, 1.54) is 0 Å². The SMILES string of the molecule is O=C1C2=C(C=CC1Cl)CC=CCC2OCc1ccccc1. The third-order valence-electron chi connectivity index (χ3n) is 3.80. The standard InChI is InChI=1S/C18H17ClO2/c19-15-11-10-14-8-4-5-9-16(17(14)18(15)20)21-12-13-6-2-1-3-7-13/h1-7,10-11,15-16H,8-9,12H2. The largest absolute Gasteiger partial charge is 0.368 e. The van der Waals surface area contributed by atoms with Crippen molar-refractivity contribution in [2.24, 2.45) is 0 Å². The van der Waals surface area contributed by atoms with Crippen molar-refractivity contribution in [2.75, 3.05) is 0 Å². The van der Waals surface area contributed by atoms with Crippen LogP contribution in [0, 0.1) is 0 Å². The topological polar surface area (TPSA) is 26.3 Å². The van der Waals surface area contributed by atoms with E-state index in [1.54, 1.807) is 6.08 Å². The maximum absolute atomic E-state index is 12.4. The minimum absolute atomic E-state index is 0.0177. The molecule has 1 aromatic rings. The van der Waals surface area contributed by atoms with Gasteiger partial charge in [0.05, 0.1) is 12.7 Å². The van der Waals surface area contributed by atoms with Gasteiger partial charge in [0.2, 0.25) is 0 Å². The average Bonchev–Trinajstić information content (AvgIpc) is 2.72. The maximum Gasteiger partial charge on any atom is 0.183 e. The molecule has 0 heterocycles. The lowest BCUT2D eigenvalue weighted by molar-refractivity contribution is -0.116. The maximum atomic E-state index is 12.4. The van der Waals surface area contributed by atoms with Gasteiger partial charge in [-0.3, -0.25) is 4.79 Å². The van der Waals surface area contributed by atoms with Gasteiger partial charge in [0.15, 0.2) is 5.78 Å². The summed E-state index contributed by atoms with van der Waals surface area (Å²) in [7, 11) is 0. The number of ether oxygens (including phenoxy) is 1. The van der Waals surface area contributed by atoms with E-state index in [0.29, 0.717) is 6.61 Å². The predicted molar refractivity (Wildman–Crippen MR) is 84.2 cm³/mol. The number of alkyl halides is 1. The Balaban J connectivity index is 1.81. The molecule has 0 fully saturated rings. The molecule has 3 rings (SSSR count). The van der Waals surface area contributed by atoms with Crippen LogP contribution in [0.3, 0.4) is 0 Å². The summed E-state index contributed by atoms with van der Waals surface area (Å²) in [5.74, 6) is -0.0177. The minimum atomic E-state index is -0.565. The van der Waals surface area contributed by atoms with Gasteiger partial charge in [0.1, 0.15) is 5.38 Å². The van der Waals surface area contributed by atoms with Crippen molar-refractivity contribution < 1.29 is 9.53 Å². The Morgan fingerprint density at radius 2 is 2.00 bits per heavy atom. The minimum Gasteiger partial charge on any atom is -0.368 e. The molecule has 0 aromatic heterocycles. The van der Waals surface area contributed by atoms with Gasteiger partial charge >= 0.3 is 0 Å². The van der Waals surface area contributed by atoms with E-state index >= 15 is 0 Å². The van der Waals surface area contributed by atoms with Crippen molar-refractivity contribution in [1.82, 2.24) is 0 Å². The zero-order valence-corrected chi connectivity index (χ0v) is 12.4. The molecule has 3 heteroatoms. The lowest BCUT2D eigenvalue weighted by Gasteiger charge is -2.24. The number of ketones is 1. The number of carbonyl (C=O) groups is 1. The van der Waals surface area contributed by atoms with Crippen LogP contribution in [-0.2, 0) is 16.1 Å². The number of Topliss-reactive ketones (excluding diaryl/α,β-unsaturated/α-hetero) is 1. The highest BCUT2D eigenvalue weighted by molar-refractivity contribution is 6.36. The molecule has 2 aliphatic carbocycles. The van der Waals surface area contributed by atoms with Crippen LogP contribution in [0.4, 0.5) is 0 Å². The van der Waals surface area contributed by atoms with E-state index in [0.717, 1.165) is 29.6 Å². The van der Waals surface area contributed by atoms with E-state index in [2.05, 4.69) is 12.2 Å². The zero-order chi connectivity index (χ0) is 14.7. The van der Waals surface area contributed by atoms with E-state index in [-0.39, 0.29) is 11.9 Å². The van der Waals surface area contributed by atoms with E-state index in [1.807, 2.05) is 36.4 Å². The summed E-state index contributed by atoms with van der Waals surface area (Å²) >= 11 is 6.08. The van der Waals surface area contributed by atoms with Crippen molar-refractivity contribution in [3.8, 4) is 0 Å². The fourth-order valence-corrected chi connectivity index (χ4v) is 2.89. The van der Waals surface area contributed by atoms with Crippen molar-refractivity contribution in [2.45, 2.75) is 30.9 Å². The average molecular weight is 301 g/mol. The highest BCUT2D eigenvalue weighted by atomic mass is 35.5. The van der Waals surface area contributed by atoms with Crippen LogP contribution in [0.25, 0.3) is 0 Å². The Labute approximate surface area is 129 Å². The molecule has 108 valence electrons. The second kappa shape index (κ2) is 6.42. The Bertz CT molecular complexity index is 613. The normalized spacial score (nSPS) is 24.9. The van der Waals surface area contributed by atoms with Gasteiger partial charge in [-0.15, -0.1) is 11.6 Å². The van der Waals surface area contributed by atoms with Crippen molar-refractivity contribution in [3.63, 3.8) is 0 Å². The highest BCUT2D eigenvalue weighted by Gasteiger charge is 2.31. The van der Waals surface area contributed by atoms with Crippen molar-refractivity contribution in [1.29, 1.82) is 0 Å². The summed E-state index contributed by atoms with van der Waals surface area (Å²) in [5.41, 5.74) is 2.89. The molecular weight excluding hydrogens is 284 g/mol. The van der Waals surface area contributed by atoms with Crippen molar-refractivity contribution in [3.05, 3.63) is 71.3 Å².